The fraction of sp³-hybridized carbons (Fsp3) is 0.583. The largest absolute Gasteiger partial charge is 0.439 e. The van der Waals surface area contributed by atoms with Gasteiger partial charge in [-0.25, -0.2) is 4.98 Å². The van der Waals surface area contributed by atoms with E-state index in [1.165, 1.54) is 19.2 Å². The first kappa shape index (κ1) is 14.1. The summed E-state index contributed by atoms with van der Waals surface area (Å²) in [7, 11) is 1.04. The molecule has 1 aromatic heterocycles. The number of morpholine rings is 1. The summed E-state index contributed by atoms with van der Waals surface area (Å²) in [5, 5.41) is 0. The van der Waals surface area contributed by atoms with Crippen LogP contribution < -0.4 is 4.90 Å². The van der Waals surface area contributed by atoms with E-state index in [0.29, 0.717) is 0 Å². The molecule has 1 saturated heterocycles. The van der Waals surface area contributed by atoms with Crippen LogP contribution in [0.4, 0.5) is 19.0 Å². The summed E-state index contributed by atoms with van der Waals surface area (Å²) in [6.07, 6.45) is -4.29. The lowest BCUT2D eigenvalue weighted by molar-refractivity contribution is -0.311. The minimum Gasteiger partial charge on any atom is -0.371 e. The number of anilines is 1. The number of rotatable bonds is 2. The molecule has 0 spiro atoms. The topological polar surface area (TPSA) is 34.6 Å². The molecule has 0 aromatic carbocycles. The van der Waals surface area contributed by atoms with Crippen molar-refractivity contribution in [2.45, 2.75) is 24.9 Å². The third-order valence-corrected chi connectivity index (χ3v) is 3.28. The van der Waals surface area contributed by atoms with Gasteiger partial charge in [-0.3, -0.25) is 0 Å². The lowest BCUT2D eigenvalue weighted by atomic mass is 10.0. The van der Waals surface area contributed by atoms with E-state index in [2.05, 4.69) is 4.98 Å². The second kappa shape index (κ2) is 4.97. The molecule has 0 radical (unpaired) electrons. The van der Waals surface area contributed by atoms with Crippen LogP contribution in [0.3, 0.4) is 0 Å². The zero-order valence-electron chi connectivity index (χ0n) is 10.6. The van der Waals surface area contributed by atoms with Crippen molar-refractivity contribution in [1.29, 1.82) is 0 Å². The molecule has 2 unspecified atom stereocenters. The van der Waals surface area contributed by atoms with Crippen molar-refractivity contribution in [2.24, 2.45) is 0 Å². The highest BCUT2D eigenvalue weighted by atomic mass is 19.4. The van der Waals surface area contributed by atoms with Gasteiger partial charge < -0.3 is 14.4 Å². The molecule has 106 valence electrons. The predicted octanol–water partition coefficient (Wildman–Crippen LogP) is 2.21. The average molecular weight is 276 g/mol. The third kappa shape index (κ3) is 2.17. The van der Waals surface area contributed by atoms with E-state index in [9.17, 15) is 13.2 Å². The standard InChI is InChI=1S/C12H15F3N2O2/c1-9-11(18-2,12(13,14)15)17(7-8-19-9)10-5-3-4-6-16-10/h3-6,9H,7-8H2,1-2H3. The van der Waals surface area contributed by atoms with Gasteiger partial charge >= 0.3 is 6.18 Å². The summed E-state index contributed by atoms with van der Waals surface area (Å²) < 4.78 is 50.5. The Labute approximate surface area is 109 Å². The smallest absolute Gasteiger partial charge is 0.371 e. The van der Waals surface area contributed by atoms with Crippen molar-refractivity contribution < 1.29 is 22.6 Å². The average Bonchev–Trinajstić information content (AvgIpc) is 2.38. The van der Waals surface area contributed by atoms with Crippen LogP contribution in [0.25, 0.3) is 0 Å². The van der Waals surface area contributed by atoms with Crippen LogP contribution in [0.2, 0.25) is 0 Å². The molecule has 0 bridgehead atoms. The monoisotopic (exact) mass is 276 g/mol. The minimum absolute atomic E-state index is 0.0642. The number of methoxy groups -OCH3 is 1. The number of halogens is 3. The van der Waals surface area contributed by atoms with Crippen molar-refractivity contribution in [3.63, 3.8) is 0 Å². The molecular formula is C12H15F3N2O2. The van der Waals surface area contributed by atoms with Crippen LogP contribution in [-0.4, -0.2) is 43.3 Å². The molecule has 0 saturated carbocycles. The molecule has 7 heteroatoms. The Morgan fingerprint density at radius 3 is 2.74 bits per heavy atom. The molecule has 1 aromatic rings. The molecule has 2 rings (SSSR count). The number of hydrogen-bond donors (Lipinski definition) is 0. The lowest BCUT2D eigenvalue weighted by Gasteiger charge is -2.50. The lowest BCUT2D eigenvalue weighted by Crippen LogP contribution is -2.70. The third-order valence-electron chi connectivity index (χ3n) is 3.28. The highest BCUT2D eigenvalue weighted by Gasteiger charge is 2.65. The zero-order valence-corrected chi connectivity index (χ0v) is 10.6. The van der Waals surface area contributed by atoms with E-state index in [-0.39, 0.29) is 19.0 Å². The second-order valence-corrected chi connectivity index (χ2v) is 4.25. The number of ether oxygens (including phenoxy) is 2. The Morgan fingerprint density at radius 2 is 2.21 bits per heavy atom. The van der Waals surface area contributed by atoms with Gasteiger partial charge in [0.2, 0.25) is 0 Å². The highest BCUT2D eigenvalue weighted by Crippen LogP contribution is 2.43. The maximum absolute atomic E-state index is 13.5. The first-order valence-electron chi connectivity index (χ1n) is 5.85. The Kier molecular flexibility index (Phi) is 3.69. The SMILES string of the molecule is COC1(C(F)(F)F)C(C)OCCN1c1ccccn1. The van der Waals surface area contributed by atoms with Gasteiger partial charge in [0, 0.05) is 19.9 Å². The summed E-state index contributed by atoms with van der Waals surface area (Å²) in [6, 6.07) is 4.81. The predicted molar refractivity (Wildman–Crippen MR) is 62.8 cm³/mol. The van der Waals surface area contributed by atoms with Gasteiger partial charge in [-0.1, -0.05) is 6.07 Å². The Morgan fingerprint density at radius 1 is 1.47 bits per heavy atom. The van der Waals surface area contributed by atoms with E-state index in [1.54, 1.807) is 12.1 Å². The molecule has 0 amide bonds. The highest BCUT2D eigenvalue weighted by molar-refractivity contribution is 5.43. The van der Waals surface area contributed by atoms with Gasteiger partial charge in [0.15, 0.2) is 0 Å². The van der Waals surface area contributed by atoms with Gasteiger partial charge in [0.1, 0.15) is 11.9 Å². The minimum atomic E-state index is -4.60. The van der Waals surface area contributed by atoms with Crippen molar-refractivity contribution in [1.82, 2.24) is 4.98 Å². The maximum Gasteiger partial charge on any atom is 0.439 e. The van der Waals surface area contributed by atoms with Crippen LogP contribution in [-0.2, 0) is 9.47 Å². The van der Waals surface area contributed by atoms with Gasteiger partial charge in [0.05, 0.1) is 6.61 Å². The van der Waals surface area contributed by atoms with Crippen molar-refractivity contribution in [3.05, 3.63) is 24.4 Å². The van der Waals surface area contributed by atoms with E-state index in [1.807, 2.05) is 0 Å². The Bertz CT molecular complexity index is 427. The van der Waals surface area contributed by atoms with E-state index in [4.69, 9.17) is 9.47 Å². The Balaban J connectivity index is 2.50. The van der Waals surface area contributed by atoms with Crippen LogP contribution >= 0.6 is 0 Å². The summed E-state index contributed by atoms with van der Waals surface area (Å²) in [6.45, 7) is 1.61. The van der Waals surface area contributed by atoms with Crippen molar-refractivity contribution in [3.8, 4) is 0 Å². The first-order valence-corrected chi connectivity index (χ1v) is 5.85. The molecule has 1 fully saturated rings. The second-order valence-electron chi connectivity index (χ2n) is 4.25. The summed E-state index contributed by atoms with van der Waals surface area (Å²) in [5.74, 6) is 0.219. The summed E-state index contributed by atoms with van der Waals surface area (Å²) in [5.41, 5.74) is -2.51. The van der Waals surface area contributed by atoms with E-state index in [0.717, 1.165) is 12.0 Å². The van der Waals surface area contributed by atoms with Gasteiger partial charge in [-0.05, 0) is 19.1 Å². The molecule has 4 nitrogen and oxygen atoms in total. The fourth-order valence-electron chi connectivity index (χ4n) is 2.39. The molecule has 19 heavy (non-hydrogen) atoms. The Hall–Kier alpha value is -1.34. The molecule has 1 aliphatic rings. The molecular weight excluding hydrogens is 261 g/mol. The van der Waals surface area contributed by atoms with Crippen LogP contribution in [0.1, 0.15) is 6.92 Å². The fourth-order valence-corrected chi connectivity index (χ4v) is 2.39. The van der Waals surface area contributed by atoms with Gasteiger partial charge in [0.25, 0.3) is 5.72 Å². The molecule has 1 aliphatic heterocycles. The van der Waals surface area contributed by atoms with E-state index >= 15 is 0 Å². The molecule has 2 heterocycles. The van der Waals surface area contributed by atoms with Gasteiger partial charge in [-0.2, -0.15) is 13.2 Å². The van der Waals surface area contributed by atoms with Crippen LogP contribution in [0.15, 0.2) is 24.4 Å². The van der Waals surface area contributed by atoms with Crippen molar-refractivity contribution >= 4 is 5.82 Å². The molecule has 2 atom stereocenters. The van der Waals surface area contributed by atoms with E-state index < -0.39 is 18.0 Å². The number of aromatic nitrogens is 1. The van der Waals surface area contributed by atoms with Crippen LogP contribution in [0.5, 0.6) is 0 Å². The first-order chi connectivity index (χ1) is 8.93. The quantitative estimate of drug-likeness (QED) is 0.829. The molecule has 0 aliphatic carbocycles. The normalized spacial score (nSPS) is 28.5. The zero-order chi connectivity index (χ0) is 14.1. The van der Waals surface area contributed by atoms with Crippen LogP contribution in [0, 0.1) is 0 Å². The number of nitrogens with zero attached hydrogens (tertiary/aromatic N) is 2. The van der Waals surface area contributed by atoms with Gasteiger partial charge in [-0.15, -0.1) is 0 Å². The number of pyridine rings is 1. The van der Waals surface area contributed by atoms with Crippen molar-refractivity contribution in [2.75, 3.05) is 25.2 Å². The summed E-state index contributed by atoms with van der Waals surface area (Å²) >= 11 is 0. The molecule has 0 N–H and O–H groups in total. The number of hydrogen-bond acceptors (Lipinski definition) is 4. The number of alkyl halides is 3. The summed E-state index contributed by atoms with van der Waals surface area (Å²) in [4.78, 5) is 5.10. The maximum atomic E-state index is 13.5.